The molecular weight excluding hydrogens is 861 g/mol. The number of hydrogen-bond donors (Lipinski definition) is 0. The third kappa shape index (κ3) is 6.03. The molecule has 2 bridgehead atoms. The second-order valence-corrected chi connectivity index (χ2v) is 18.1. The fourth-order valence-electron chi connectivity index (χ4n) is 10.9. The first-order valence-corrected chi connectivity index (χ1v) is 23.5. The molecule has 0 amide bonds. The molecule has 0 radical (unpaired) electrons. The lowest BCUT2D eigenvalue weighted by molar-refractivity contribution is 0.668. The van der Waals surface area contributed by atoms with E-state index in [0.717, 1.165) is 77.3 Å². The molecule has 2 unspecified atom stereocenters. The highest BCUT2D eigenvalue weighted by molar-refractivity contribution is 6.06. The summed E-state index contributed by atoms with van der Waals surface area (Å²) in [5, 5.41) is 4.28. The van der Waals surface area contributed by atoms with Gasteiger partial charge >= 0.3 is 0 Å². The summed E-state index contributed by atoms with van der Waals surface area (Å²) in [5.41, 5.74) is 16.4. The summed E-state index contributed by atoms with van der Waals surface area (Å²) in [4.78, 5) is 30.8. The number of furan rings is 2. The average Bonchev–Trinajstić information content (AvgIpc) is 4.00. The SMILES string of the molecule is c1ccc(-c2nc(-c3ccc4c(c3)C3c5ccccc5C4c4cc(-c5nc(-c6ccccc6)nc(-c6ccc7c(c6)oc6ccccc67)n5)ccc43)nc(-c3ccc4c(c3)oc3ccccc34)n2)cc1. The first kappa shape index (κ1) is 38.7. The summed E-state index contributed by atoms with van der Waals surface area (Å²) >= 11 is 0. The Morgan fingerprint density at radius 2 is 0.543 bits per heavy atom. The second-order valence-electron chi connectivity index (χ2n) is 18.1. The zero-order valence-corrected chi connectivity index (χ0v) is 37.3. The standard InChI is InChI=1S/C62H36N6O2/c1-3-13-35(14-4-1)57-63-59(67-61(65-57)39-23-27-43-41-17-9-11-21-51(41)69-53(43)33-39)37-25-29-47-49(31-37)55-45-19-7-8-20-46(45)56(47)50-32-38(26-30-48(50)55)60-64-58(36-15-5-2-6-16-36)66-62(68-60)40-24-28-44-42-18-10-12-22-52(42)70-54(44)34-40/h1-34,55-56H. The molecule has 4 heterocycles. The molecule has 13 aromatic rings. The van der Waals surface area contributed by atoms with E-state index in [0.29, 0.717) is 34.9 Å². The van der Waals surface area contributed by atoms with Crippen molar-refractivity contribution in [2.24, 2.45) is 0 Å². The van der Waals surface area contributed by atoms with Crippen LogP contribution < -0.4 is 0 Å². The lowest BCUT2D eigenvalue weighted by Crippen LogP contribution is -2.27. The molecular formula is C62H36N6O2. The fraction of sp³-hybridized carbons (Fsp3) is 0.0323. The molecule has 3 aliphatic rings. The van der Waals surface area contributed by atoms with Crippen LogP contribution in [0.25, 0.3) is 112 Å². The molecule has 0 N–H and O–H groups in total. The van der Waals surface area contributed by atoms with Crippen molar-refractivity contribution in [2.75, 3.05) is 0 Å². The molecule has 0 saturated heterocycles. The van der Waals surface area contributed by atoms with Gasteiger partial charge in [0.15, 0.2) is 34.9 Å². The Labute approximate surface area is 400 Å². The van der Waals surface area contributed by atoms with E-state index in [9.17, 15) is 0 Å². The maximum atomic E-state index is 6.31. The van der Waals surface area contributed by atoms with Crippen molar-refractivity contribution in [3.05, 3.63) is 240 Å². The number of aromatic nitrogens is 6. The highest BCUT2D eigenvalue weighted by Crippen LogP contribution is 2.56. The Hall–Kier alpha value is -9.40. The predicted molar refractivity (Wildman–Crippen MR) is 275 cm³/mol. The normalized spacial score (nSPS) is 14.6. The molecule has 3 aliphatic carbocycles. The van der Waals surface area contributed by atoms with Gasteiger partial charge in [-0.05, 0) is 81.9 Å². The summed E-state index contributed by atoms with van der Waals surface area (Å²) in [7, 11) is 0. The molecule has 8 nitrogen and oxygen atoms in total. The van der Waals surface area contributed by atoms with E-state index in [4.69, 9.17) is 38.7 Å². The smallest absolute Gasteiger partial charge is 0.164 e. The Kier molecular flexibility index (Phi) is 8.32. The minimum atomic E-state index is -0.00470. The molecule has 9 aromatic carbocycles. The van der Waals surface area contributed by atoms with Crippen LogP contribution in [0.1, 0.15) is 45.2 Å². The lowest BCUT2D eigenvalue weighted by atomic mass is 9.61. The molecule has 0 saturated carbocycles. The van der Waals surface area contributed by atoms with Crippen molar-refractivity contribution in [1.82, 2.24) is 29.9 Å². The molecule has 2 atom stereocenters. The van der Waals surface area contributed by atoms with Gasteiger partial charge in [-0.1, -0.05) is 158 Å². The second kappa shape index (κ2) is 15.1. The van der Waals surface area contributed by atoms with Crippen molar-refractivity contribution in [1.29, 1.82) is 0 Å². The first-order chi connectivity index (χ1) is 34.6. The van der Waals surface area contributed by atoms with Gasteiger partial charge in [0, 0.05) is 66.8 Å². The van der Waals surface area contributed by atoms with Gasteiger partial charge in [-0.15, -0.1) is 0 Å². The van der Waals surface area contributed by atoms with Crippen LogP contribution in [0.3, 0.4) is 0 Å². The zero-order valence-electron chi connectivity index (χ0n) is 37.3. The van der Waals surface area contributed by atoms with E-state index in [-0.39, 0.29) is 11.8 Å². The van der Waals surface area contributed by atoms with Crippen LogP contribution in [0, 0.1) is 0 Å². The minimum absolute atomic E-state index is 0.00470. The van der Waals surface area contributed by atoms with E-state index < -0.39 is 0 Å². The number of nitrogens with zero attached hydrogens (tertiary/aromatic N) is 6. The monoisotopic (exact) mass is 896 g/mol. The van der Waals surface area contributed by atoms with Crippen LogP contribution in [-0.4, -0.2) is 29.9 Å². The van der Waals surface area contributed by atoms with Crippen molar-refractivity contribution in [2.45, 2.75) is 11.8 Å². The summed E-state index contributed by atoms with van der Waals surface area (Å²) < 4.78 is 12.6. The molecule has 16 rings (SSSR count). The lowest BCUT2D eigenvalue weighted by Gasteiger charge is -2.42. The maximum Gasteiger partial charge on any atom is 0.164 e. The molecule has 0 spiro atoms. The third-order valence-corrected chi connectivity index (χ3v) is 14.2. The van der Waals surface area contributed by atoms with E-state index in [1.807, 2.05) is 109 Å². The average molecular weight is 897 g/mol. The van der Waals surface area contributed by atoms with Crippen LogP contribution in [0.5, 0.6) is 0 Å². The third-order valence-electron chi connectivity index (χ3n) is 14.2. The molecule has 0 fully saturated rings. The van der Waals surface area contributed by atoms with Crippen LogP contribution in [0.15, 0.2) is 215 Å². The van der Waals surface area contributed by atoms with Crippen molar-refractivity contribution in [3.8, 4) is 68.3 Å². The highest BCUT2D eigenvalue weighted by Gasteiger charge is 2.41. The Bertz CT molecular complexity index is 4000. The van der Waals surface area contributed by atoms with Gasteiger partial charge in [0.25, 0.3) is 0 Å². The van der Waals surface area contributed by atoms with Gasteiger partial charge < -0.3 is 8.83 Å². The van der Waals surface area contributed by atoms with Crippen LogP contribution in [-0.2, 0) is 0 Å². The molecule has 70 heavy (non-hydrogen) atoms. The van der Waals surface area contributed by atoms with Crippen LogP contribution >= 0.6 is 0 Å². The molecule has 8 heteroatoms. The highest BCUT2D eigenvalue weighted by atomic mass is 16.3. The number of rotatable bonds is 6. The topological polar surface area (TPSA) is 104 Å². The van der Waals surface area contributed by atoms with Crippen molar-refractivity contribution >= 4 is 43.9 Å². The number of hydrogen-bond acceptors (Lipinski definition) is 8. The predicted octanol–water partition coefficient (Wildman–Crippen LogP) is 14.8. The summed E-state index contributed by atoms with van der Waals surface area (Å²) in [6.07, 6.45) is 0. The Balaban J connectivity index is 0.851. The minimum Gasteiger partial charge on any atom is -0.456 e. The number of benzene rings is 9. The first-order valence-electron chi connectivity index (χ1n) is 23.5. The summed E-state index contributed by atoms with van der Waals surface area (Å²) in [6.45, 7) is 0. The van der Waals surface area contributed by atoms with E-state index >= 15 is 0 Å². The van der Waals surface area contributed by atoms with Gasteiger partial charge in [0.05, 0.1) is 0 Å². The number of fused-ring (bicyclic) bond motifs is 6. The Morgan fingerprint density at radius 3 is 0.971 bits per heavy atom. The number of para-hydroxylation sites is 2. The van der Waals surface area contributed by atoms with E-state index in [1.165, 1.54) is 33.4 Å². The Morgan fingerprint density at radius 1 is 0.229 bits per heavy atom. The molecule has 4 aromatic heterocycles. The molecule has 0 aliphatic heterocycles. The van der Waals surface area contributed by atoms with Gasteiger partial charge in [-0.2, -0.15) is 0 Å². The van der Waals surface area contributed by atoms with Gasteiger partial charge in [0.1, 0.15) is 22.3 Å². The quantitative estimate of drug-likeness (QED) is 0.163. The zero-order chi connectivity index (χ0) is 45.9. The summed E-state index contributed by atoms with van der Waals surface area (Å²) in [5.74, 6) is 3.60. The van der Waals surface area contributed by atoms with Gasteiger partial charge in [-0.25, -0.2) is 29.9 Å². The van der Waals surface area contributed by atoms with E-state index in [2.05, 4.69) is 97.1 Å². The van der Waals surface area contributed by atoms with Crippen molar-refractivity contribution < 1.29 is 8.83 Å². The fourth-order valence-corrected chi connectivity index (χ4v) is 10.9. The van der Waals surface area contributed by atoms with Gasteiger partial charge in [-0.3, -0.25) is 0 Å². The van der Waals surface area contributed by atoms with E-state index in [1.54, 1.807) is 0 Å². The molecule has 326 valence electrons. The largest absolute Gasteiger partial charge is 0.456 e. The van der Waals surface area contributed by atoms with Crippen LogP contribution in [0.2, 0.25) is 0 Å². The van der Waals surface area contributed by atoms with Crippen LogP contribution in [0.4, 0.5) is 0 Å². The summed E-state index contributed by atoms with van der Waals surface area (Å²) in [6, 6.07) is 71.3. The van der Waals surface area contributed by atoms with Crippen molar-refractivity contribution in [3.63, 3.8) is 0 Å². The van der Waals surface area contributed by atoms with Gasteiger partial charge in [0.2, 0.25) is 0 Å². The maximum absolute atomic E-state index is 6.31.